The summed E-state index contributed by atoms with van der Waals surface area (Å²) in [5.74, 6) is -0.909. The summed E-state index contributed by atoms with van der Waals surface area (Å²) in [6.07, 6.45) is 2.75. The van der Waals surface area contributed by atoms with E-state index in [4.69, 9.17) is 5.11 Å². The van der Waals surface area contributed by atoms with Crippen LogP contribution in [0.15, 0.2) is 12.3 Å². The van der Waals surface area contributed by atoms with Crippen LogP contribution in [0.1, 0.15) is 27.7 Å². The van der Waals surface area contributed by atoms with Gasteiger partial charge in [0.25, 0.3) is 0 Å². The molecule has 0 aromatic rings. The fraction of sp³-hybridized carbons (Fsp3) is 0.700. The third-order valence-corrected chi connectivity index (χ3v) is 2.32. The first-order valence-electron chi connectivity index (χ1n) is 4.38. The van der Waals surface area contributed by atoms with Crippen molar-refractivity contribution in [2.45, 2.75) is 33.7 Å². The van der Waals surface area contributed by atoms with E-state index in [2.05, 4.69) is 27.7 Å². The lowest BCUT2D eigenvalue weighted by Gasteiger charge is -2.34. The van der Waals surface area contributed by atoms with Crippen molar-refractivity contribution in [1.82, 2.24) is 4.90 Å². The summed E-state index contributed by atoms with van der Waals surface area (Å²) in [6, 6.07) is 0.308. The van der Waals surface area contributed by atoms with Gasteiger partial charge in [0.2, 0.25) is 0 Å². The maximum atomic E-state index is 10.3. The molecule has 3 nitrogen and oxygen atoms in total. The topological polar surface area (TPSA) is 40.5 Å². The number of carbonyl (C=O) groups is 1. The highest BCUT2D eigenvalue weighted by molar-refractivity contribution is 5.79. The van der Waals surface area contributed by atoms with Crippen LogP contribution in [0.4, 0.5) is 0 Å². The van der Waals surface area contributed by atoms with E-state index in [1.165, 1.54) is 0 Å². The van der Waals surface area contributed by atoms with Gasteiger partial charge in [-0.2, -0.15) is 0 Å². The molecule has 3 heteroatoms. The monoisotopic (exact) mass is 185 g/mol. The summed E-state index contributed by atoms with van der Waals surface area (Å²) in [5, 5.41) is 8.43. The van der Waals surface area contributed by atoms with Crippen molar-refractivity contribution >= 4 is 5.97 Å². The number of hydrogen-bond acceptors (Lipinski definition) is 2. The molecule has 0 saturated heterocycles. The zero-order valence-corrected chi connectivity index (χ0v) is 9.03. The predicted octanol–water partition coefficient (Wildman–Crippen LogP) is 1.95. The number of carboxylic acid groups (broad SMARTS) is 1. The van der Waals surface area contributed by atoms with E-state index in [-0.39, 0.29) is 5.41 Å². The van der Waals surface area contributed by atoms with Crippen LogP contribution in [-0.2, 0) is 4.79 Å². The van der Waals surface area contributed by atoms with Crippen molar-refractivity contribution in [2.24, 2.45) is 5.41 Å². The van der Waals surface area contributed by atoms with E-state index in [9.17, 15) is 4.79 Å². The van der Waals surface area contributed by atoms with Crippen LogP contribution in [0.25, 0.3) is 0 Å². The molecule has 0 bridgehead atoms. The van der Waals surface area contributed by atoms with E-state index in [0.717, 1.165) is 6.08 Å². The molecule has 1 atom stereocenters. The third kappa shape index (κ3) is 4.55. The number of nitrogens with zero attached hydrogens (tertiary/aromatic N) is 1. The van der Waals surface area contributed by atoms with Gasteiger partial charge in [-0.25, -0.2) is 4.79 Å². The van der Waals surface area contributed by atoms with Crippen LogP contribution in [0.2, 0.25) is 0 Å². The molecule has 1 unspecified atom stereocenters. The van der Waals surface area contributed by atoms with Gasteiger partial charge in [-0.05, 0) is 12.3 Å². The van der Waals surface area contributed by atoms with Gasteiger partial charge in [0.15, 0.2) is 0 Å². The molecule has 0 aliphatic rings. The highest BCUT2D eigenvalue weighted by atomic mass is 16.4. The molecule has 1 N–H and O–H groups in total. The minimum atomic E-state index is -0.909. The Bertz CT molecular complexity index is 203. The zero-order valence-electron chi connectivity index (χ0n) is 9.03. The Kier molecular flexibility index (Phi) is 3.98. The minimum Gasteiger partial charge on any atom is -0.478 e. The quantitative estimate of drug-likeness (QED) is 0.683. The number of aliphatic carboxylic acids is 1. The normalized spacial score (nSPS) is 14.5. The average Bonchev–Trinajstić information content (AvgIpc) is 1.96. The lowest BCUT2D eigenvalue weighted by Crippen LogP contribution is -2.36. The molecule has 0 spiro atoms. The maximum Gasteiger partial charge on any atom is 0.329 e. The summed E-state index contributed by atoms with van der Waals surface area (Å²) in [7, 11) is 1.88. The summed E-state index contributed by atoms with van der Waals surface area (Å²) >= 11 is 0. The molecule has 0 rings (SSSR count). The second kappa shape index (κ2) is 4.30. The molecule has 76 valence electrons. The second-order valence-electron chi connectivity index (χ2n) is 4.36. The van der Waals surface area contributed by atoms with Gasteiger partial charge >= 0.3 is 5.97 Å². The summed E-state index contributed by atoms with van der Waals surface area (Å²) in [4.78, 5) is 12.2. The Morgan fingerprint density at radius 2 is 1.92 bits per heavy atom. The number of hydrogen-bond donors (Lipinski definition) is 1. The van der Waals surface area contributed by atoms with Crippen molar-refractivity contribution in [3.05, 3.63) is 12.3 Å². The summed E-state index contributed by atoms with van der Waals surface area (Å²) in [5.41, 5.74) is 0.150. The fourth-order valence-corrected chi connectivity index (χ4v) is 0.921. The third-order valence-electron chi connectivity index (χ3n) is 2.32. The Labute approximate surface area is 80.0 Å². The molecule has 0 radical (unpaired) electrons. The Hall–Kier alpha value is -0.990. The zero-order chi connectivity index (χ0) is 10.6. The van der Waals surface area contributed by atoms with E-state index in [1.807, 2.05) is 11.9 Å². The SMILES string of the molecule is CC(N(C)C=CC(=O)O)C(C)(C)C. The van der Waals surface area contributed by atoms with Crippen LogP contribution in [0.3, 0.4) is 0 Å². The van der Waals surface area contributed by atoms with Crippen molar-refractivity contribution < 1.29 is 9.90 Å². The molecule has 0 aromatic carbocycles. The van der Waals surface area contributed by atoms with Gasteiger partial charge in [-0.1, -0.05) is 20.8 Å². The van der Waals surface area contributed by atoms with Crippen molar-refractivity contribution in [1.29, 1.82) is 0 Å². The molecule has 0 fully saturated rings. The Morgan fingerprint density at radius 1 is 1.46 bits per heavy atom. The molecule has 0 amide bonds. The van der Waals surface area contributed by atoms with Crippen LogP contribution in [-0.4, -0.2) is 29.1 Å². The van der Waals surface area contributed by atoms with Crippen LogP contribution < -0.4 is 0 Å². The molecule has 0 aliphatic heterocycles. The highest BCUT2D eigenvalue weighted by Crippen LogP contribution is 2.22. The minimum absolute atomic E-state index is 0.150. The van der Waals surface area contributed by atoms with E-state index in [1.54, 1.807) is 6.20 Å². The summed E-state index contributed by atoms with van der Waals surface area (Å²) < 4.78 is 0. The Balaban J connectivity index is 4.27. The van der Waals surface area contributed by atoms with Crippen LogP contribution in [0, 0.1) is 5.41 Å². The van der Waals surface area contributed by atoms with Gasteiger partial charge < -0.3 is 10.0 Å². The average molecular weight is 185 g/mol. The first-order valence-corrected chi connectivity index (χ1v) is 4.38. The lowest BCUT2D eigenvalue weighted by molar-refractivity contribution is -0.131. The van der Waals surface area contributed by atoms with E-state index >= 15 is 0 Å². The molecule has 0 aromatic heterocycles. The van der Waals surface area contributed by atoms with Crippen LogP contribution in [0.5, 0.6) is 0 Å². The van der Waals surface area contributed by atoms with Crippen molar-refractivity contribution in [3.8, 4) is 0 Å². The fourth-order valence-electron chi connectivity index (χ4n) is 0.921. The summed E-state index contributed by atoms with van der Waals surface area (Å²) in [6.45, 7) is 8.46. The van der Waals surface area contributed by atoms with Gasteiger partial charge in [0.05, 0.1) is 0 Å². The molecule has 0 aliphatic carbocycles. The van der Waals surface area contributed by atoms with Gasteiger partial charge in [-0.3, -0.25) is 0 Å². The molecule has 0 saturated carbocycles. The van der Waals surface area contributed by atoms with E-state index < -0.39 is 5.97 Å². The van der Waals surface area contributed by atoms with Crippen molar-refractivity contribution in [2.75, 3.05) is 7.05 Å². The molecular formula is C10H19NO2. The van der Waals surface area contributed by atoms with Crippen LogP contribution >= 0.6 is 0 Å². The number of carboxylic acids is 1. The first-order chi connectivity index (χ1) is 5.75. The van der Waals surface area contributed by atoms with Gasteiger partial charge in [0, 0.05) is 25.4 Å². The second-order valence-corrected chi connectivity index (χ2v) is 4.36. The number of rotatable bonds is 3. The first kappa shape index (κ1) is 12.0. The largest absolute Gasteiger partial charge is 0.478 e. The smallest absolute Gasteiger partial charge is 0.329 e. The molecule has 13 heavy (non-hydrogen) atoms. The van der Waals surface area contributed by atoms with Gasteiger partial charge in [0.1, 0.15) is 0 Å². The maximum absolute atomic E-state index is 10.3. The standard InChI is InChI=1S/C10H19NO2/c1-8(10(2,3)4)11(5)7-6-9(12)13/h6-8H,1-5H3,(H,12,13). The van der Waals surface area contributed by atoms with Crippen molar-refractivity contribution in [3.63, 3.8) is 0 Å². The molecule has 0 heterocycles. The molecular weight excluding hydrogens is 166 g/mol. The predicted molar refractivity (Wildman–Crippen MR) is 53.5 cm³/mol. The van der Waals surface area contributed by atoms with E-state index in [0.29, 0.717) is 6.04 Å². The van der Waals surface area contributed by atoms with Gasteiger partial charge in [-0.15, -0.1) is 0 Å². The Morgan fingerprint density at radius 3 is 2.23 bits per heavy atom. The lowest BCUT2D eigenvalue weighted by atomic mass is 9.87. The highest BCUT2D eigenvalue weighted by Gasteiger charge is 2.21.